The van der Waals surface area contributed by atoms with Crippen LogP contribution >= 0.6 is 24.0 Å². The third-order valence-electron chi connectivity index (χ3n) is 5.39. The number of thioether (sulfide) groups is 1. The molecule has 1 aromatic carbocycles. The average Bonchev–Trinajstić information content (AvgIpc) is 2.94. The number of carbonyl (C=O) groups is 1. The van der Waals surface area contributed by atoms with Crippen LogP contribution < -0.4 is 10.5 Å². The van der Waals surface area contributed by atoms with Crippen molar-refractivity contribution in [3.05, 3.63) is 45.1 Å². The Morgan fingerprint density at radius 1 is 1.04 bits per heavy atom. The fourth-order valence-corrected chi connectivity index (χ4v) is 4.84. The molecule has 2 aliphatic rings. The number of para-hydroxylation sites is 1. The minimum atomic E-state index is -0.158. The highest BCUT2D eigenvalue weighted by Crippen LogP contribution is 2.35. The molecule has 1 aromatic heterocycles. The maximum absolute atomic E-state index is 13.3. The number of benzene rings is 1. The summed E-state index contributed by atoms with van der Waals surface area (Å²) in [5.74, 6) is -0.158. The van der Waals surface area contributed by atoms with Gasteiger partial charge in [0.2, 0.25) is 0 Å². The molecule has 146 valence electrons. The first-order valence-corrected chi connectivity index (χ1v) is 10.4. The van der Waals surface area contributed by atoms with E-state index in [9.17, 15) is 9.59 Å². The first-order chi connectivity index (χ1) is 13.4. The number of nitrogens with zero attached hydrogens (tertiary/aromatic N) is 4. The van der Waals surface area contributed by atoms with Gasteiger partial charge in [-0.25, -0.2) is 0 Å². The van der Waals surface area contributed by atoms with Crippen LogP contribution in [0.25, 0.3) is 17.0 Å². The fourth-order valence-electron chi connectivity index (χ4n) is 3.68. The van der Waals surface area contributed by atoms with Crippen molar-refractivity contribution in [2.24, 2.45) is 7.05 Å². The molecular weight excluding hydrogens is 392 g/mol. The van der Waals surface area contributed by atoms with E-state index in [0.29, 0.717) is 14.8 Å². The minimum Gasteiger partial charge on any atom is -0.368 e. The van der Waals surface area contributed by atoms with Crippen LogP contribution in [0, 0.1) is 0 Å². The molecule has 28 heavy (non-hydrogen) atoms. The molecule has 0 N–H and O–H groups in total. The van der Waals surface area contributed by atoms with Crippen molar-refractivity contribution in [1.29, 1.82) is 0 Å². The Kier molecular flexibility index (Phi) is 5.03. The molecule has 0 spiro atoms. The van der Waals surface area contributed by atoms with Crippen LogP contribution in [0.5, 0.6) is 0 Å². The zero-order valence-corrected chi connectivity index (χ0v) is 17.8. The van der Waals surface area contributed by atoms with Gasteiger partial charge in [-0.1, -0.05) is 42.2 Å². The molecule has 0 atom stereocenters. The van der Waals surface area contributed by atoms with Gasteiger partial charge in [-0.15, -0.1) is 0 Å². The minimum absolute atomic E-state index is 0.103. The summed E-state index contributed by atoms with van der Waals surface area (Å²) >= 11 is 6.49. The van der Waals surface area contributed by atoms with Crippen molar-refractivity contribution < 1.29 is 4.79 Å². The van der Waals surface area contributed by atoms with E-state index in [4.69, 9.17) is 12.2 Å². The Balaban J connectivity index is 1.96. The van der Waals surface area contributed by atoms with Crippen molar-refractivity contribution in [2.45, 2.75) is 0 Å². The maximum Gasteiger partial charge on any atom is 0.265 e. The van der Waals surface area contributed by atoms with Gasteiger partial charge in [-0.2, -0.15) is 0 Å². The van der Waals surface area contributed by atoms with Gasteiger partial charge in [0.05, 0.1) is 21.7 Å². The number of aromatic nitrogens is 1. The lowest BCUT2D eigenvalue weighted by molar-refractivity contribution is -0.121. The third-order valence-corrected chi connectivity index (χ3v) is 6.88. The summed E-state index contributed by atoms with van der Waals surface area (Å²) in [4.78, 5) is 32.3. The summed E-state index contributed by atoms with van der Waals surface area (Å²) in [6.45, 7) is 3.53. The van der Waals surface area contributed by atoms with Gasteiger partial charge in [0.15, 0.2) is 0 Å². The van der Waals surface area contributed by atoms with E-state index >= 15 is 0 Å². The van der Waals surface area contributed by atoms with Crippen LogP contribution in [0.4, 0.5) is 5.69 Å². The van der Waals surface area contributed by atoms with Crippen molar-refractivity contribution in [3.63, 3.8) is 0 Å². The summed E-state index contributed by atoms with van der Waals surface area (Å²) in [5, 5.41) is 1.02. The predicted molar refractivity (Wildman–Crippen MR) is 120 cm³/mol. The molecule has 2 saturated heterocycles. The molecule has 2 fully saturated rings. The number of likely N-dealkylation sites (N-methyl/N-ethyl adjacent to an activating group) is 2. The monoisotopic (exact) mass is 414 g/mol. The summed E-state index contributed by atoms with van der Waals surface area (Å²) in [5.41, 5.74) is 2.25. The zero-order valence-electron chi connectivity index (χ0n) is 16.1. The number of hydrogen-bond acceptors (Lipinski definition) is 6. The molecule has 2 aromatic rings. The number of piperazine rings is 1. The second kappa shape index (κ2) is 7.35. The van der Waals surface area contributed by atoms with Crippen LogP contribution in [-0.2, 0) is 11.8 Å². The Morgan fingerprint density at radius 3 is 2.36 bits per heavy atom. The molecule has 0 bridgehead atoms. The van der Waals surface area contributed by atoms with E-state index in [2.05, 4.69) is 16.8 Å². The Hall–Kier alpha value is -2.16. The zero-order chi connectivity index (χ0) is 20.0. The lowest BCUT2D eigenvalue weighted by Crippen LogP contribution is -2.45. The van der Waals surface area contributed by atoms with E-state index in [1.165, 1.54) is 16.7 Å². The van der Waals surface area contributed by atoms with E-state index in [1.807, 2.05) is 24.3 Å². The first-order valence-electron chi connectivity index (χ1n) is 9.15. The number of anilines is 1. The molecule has 0 unspecified atom stereocenters. The van der Waals surface area contributed by atoms with Gasteiger partial charge in [0.25, 0.3) is 11.5 Å². The molecule has 8 heteroatoms. The number of hydrogen-bond donors (Lipinski definition) is 0. The van der Waals surface area contributed by atoms with Crippen molar-refractivity contribution in [2.75, 3.05) is 45.2 Å². The topological polar surface area (TPSA) is 48.8 Å². The van der Waals surface area contributed by atoms with Gasteiger partial charge in [-0.3, -0.25) is 14.5 Å². The van der Waals surface area contributed by atoms with Crippen molar-refractivity contribution in [1.82, 2.24) is 14.4 Å². The van der Waals surface area contributed by atoms with Gasteiger partial charge < -0.3 is 14.4 Å². The molecule has 1 amide bonds. The smallest absolute Gasteiger partial charge is 0.265 e. The Bertz CT molecular complexity index is 1070. The molecule has 3 heterocycles. The predicted octanol–water partition coefficient (Wildman–Crippen LogP) is 2.12. The fraction of sp³-hybridized carbons (Fsp3) is 0.350. The number of amides is 1. The number of carbonyl (C=O) groups excluding carboxylic acids is 1. The van der Waals surface area contributed by atoms with Crippen LogP contribution in [0.15, 0.2) is 34.0 Å². The number of rotatable bonds is 2. The van der Waals surface area contributed by atoms with E-state index in [1.54, 1.807) is 24.7 Å². The SMILES string of the molecule is CN1CCN(c2c(C=C3SC(=S)N(C)C3=O)c(=O)n(C)c3ccccc23)CC1. The average molecular weight is 415 g/mol. The lowest BCUT2D eigenvalue weighted by Gasteiger charge is -2.35. The molecule has 0 aliphatic carbocycles. The summed E-state index contributed by atoms with van der Waals surface area (Å²) in [7, 11) is 5.55. The standard InChI is InChI=1S/C20H22N4O2S2/c1-21-8-10-24(11-9-21)17-13-6-4-5-7-15(13)22(2)18(25)14(17)12-16-19(26)23(3)20(27)28-16/h4-7,12H,8-11H2,1-3H3. The molecule has 4 rings (SSSR count). The van der Waals surface area contributed by atoms with Crippen LogP contribution in [-0.4, -0.2) is 64.9 Å². The summed E-state index contributed by atoms with van der Waals surface area (Å²) in [6, 6.07) is 7.94. The molecular formula is C20H22N4O2S2. The second-order valence-electron chi connectivity index (χ2n) is 7.17. The third kappa shape index (κ3) is 3.15. The first kappa shape index (κ1) is 19.2. The normalized spacial score (nSPS) is 20.0. The Labute approximate surface area is 173 Å². The van der Waals surface area contributed by atoms with E-state index in [0.717, 1.165) is 42.8 Å². The van der Waals surface area contributed by atoms with E-state index < -0.39 is 0 Å². The molecule has 0 radical (unpaired) electrons. The Morgan fingerprint density at radius 2 is 1.71 bits per heavy atom. The highest BCUT2D eigenvalue weighted by atomic mass is 32.2. The van der Waals surface area contributed by atoms with Crippen LogP contribution in [0.2, 0.25) is 0 Å². The highest BCUT2D eigenvalue weighted by molar-refractivity contribution is 8.26. The summed E-state index contributed by atoms with van der Waals surface area (Å²) < 4.78 is 2.17. The van der Waals surface area contributed by atoms with Crippen LogP contribution in [0.1, 0.15) is 5.56 Å². The van der Waals surface area contributed by atoms with E-state index in [-0.39, 0.29) is 11.5 Å². The van der Waals surface area contributed by atoms with Gasteiger partial charge in [-0.05, 0) is 19.2 Å². The van der Waals surface area contributed by atoms with Gasteiger partial charge >= 0.3 is 0 Å². The van der Waals surface area contributed by atoms with Gasteiger partial charge in [0.1, 0.15) is 4.32 Å². The number of thiocarbonyl (C=S) groups is 1. The molecule has 2 aliphatic heterocycles. The lowest BCUT2D eigenvalue weighted by atomic mass is 10.1. The highest BCUT2D eigenvalue weighted by Gasteiger charge is 2.30. The van der Waals surface area contributed by atoms with Crippen molar-refractivity contribution in [3.8, 4) is 0 Å². The molecule has 0 saturated carbocycles. The maximum atomic E-state index is 13.3. The number of aryl methyl sites for hydroxylation is 1. The molecule has 6 nitrogen and oxygen atoms in total. The summed E-state index contributed by atoms with van der Waals surface area (Å²) in [6.07, 6.45) is 1.73. The second-order valence-corrected chi connectivity index (χ2v) is 8.85. The van der Waals surface area contributed by atoms with Gasteiger partial charge in [0, 0.05) is 45.7 Å². The number of fused-ring (bicyclic) bond motifs is 1. The largest absolute Gasteiger partial charge is 0.368 e. The quantitative estimate of drug-likeness (QED) is 0.554. The van der Waals surface area contributed by atoms with Crippen LogP contribution in [0.3, 0.4) is 0 Å². The van der Waals surface area contributed by atoms with Crippen molar-refractivity contribution >= 4 is 56.9 Å². The number of pyridine rings is 1.